The van der Waals surface area contributed by atoms with Crippen molar-refractivity contribution in [3.05, 3.63) is 33.2 Å². The second-order valence-electron chi connectivity index (χ2n) is 6.40. The first-order chi connectivity index (χ1) is 10.1. The summed E-state index contributed by atoms with van der Waals surface area (Å²) in [5.74, 6) is -0.111. The minimum atomic E-state index is -0.111. The van der Waals surface area contributed by atoms with Crippen LogP contribution in [0.25, 0.3) is 0 Å². The van der Waals surface area contributed by atoms with Gasteiger partial charge < -0.3 is 15.2 Å². The SMILES string of the molecule is CN1CCc2c(cc(C(=N)N)c(=O)n2C2CCCCC2)C1. The van der Waals surface area contributed by atoms with Crippen molar-refractivity contribution in [3.8, 4) is 0 Å². The van der Waals surface area contributed by atoms with E-state index in [2.05, 4.69) is 11.9 Å². The Kier molecular flexibility index (Phi) is 3.85. The predicted octanol–water partition coefficient (Wildman–Crippen LogP) is 1.63. The van der Waals surface area contributed by atoms with E-state index < -0.39 is 0 Å². The number of fused-ring (bicyclic) bond motifs is 1. The lowest BCUT2D eigenvalue weighted by Gasteiger charge is -2.33. The third-order valence-corrected chi connectivity index (χ3v) is 4.83. The van der Waals surface area contributed by atoms with Gasteiger partial charge in [-0.05, 0) is 31.5 Å². The molecule has 0 bridgehead atoms. The van der Waals surface area contributed by atoms with E-state index in [1.807, 2.05) is 10.6 Å². The molecule has 0 unspecified atom stereocenters. The number of nitrogens with one attached hydrogen (secondary N) is 1. The topological polar surface area (TPSA) is 75.1 Å². The average Bonchev–Trinajstić information content (AvgIpc) is 2.47. The van der Waals surface area contributed by atoms with Crippen LogP contribution >= 0.6 is 0 Å². The van der Waals surface area contributed by atoms with Crippen molar-refractivity contribution in [2.45, 2.75) is 51.1 Å². The molecule has 0 radical (unpaired) electrons. The number of hydrogen-bond donors (Lipinski definition) is 2. The fourth-order valence-corrected chi connectivity index (χ4v) is 3.73. The van der Waals surface area contributed by atoms with Crippen LogP contribution in [0.4, 0.5) is 0 Å². The molecule has 0 atom stereocenters. The summed E-state index contributed by atoms with van der Waals surface area (Å²) in [5, 5.41) is 7.71. The molecule has 0 aromatic carbocycles. The van der Waals surface area contributed by atoms with Gasteiger partial charge in [-0.2, -0.15) is 0 Å². The molecule has 0 saturated heterocycles. The van der Waals surface area contributed by atoms with Crippen molar-refractivity contribution in [3.63, 3.8) is 0 Å². The van der Waals surface area contributed by atoms with Crippen molar-refractivity contribution in [1.29, 1.82) is 5.41 Å². The largest absolute Gasteiger partial charge is 0.384 e. The summed E-state index contributed by atoms with van der Waals surface area (Å²) in [7, 11) is 2.09. The van der Waals surface area contributed by atoms with Crippen LogP contribution in [0.2, 0.25) is 0 Å². The maximum atomic E-state index is 12.8. The molecule has 1 saturated carbocycles. The Hall–Kier alpha value is -1.62. The molecule has 114 valence electrons. The Balaban J connectivity index is 2.15. The summed E-state index contributed by atoms with van der Waals surface area (Å²) >= 11 is 0. The van der Waals surface area contributed by atoms with E-state index in [9.17, 15) is 4.79 Å². The van der Waals surface area contributed by atoms with Crippen molar-refractivity contribution in [2.75, 3.05) is 13.6 Å². The normalized spacial score (nSPS) is 20.2. The number of aromatic nitrogens is 1. The average molecular weight is 288 g/mol. The lowest BCUT2D eigenvalue weighted by molar-refractivity contribution is 0.286. The molecule has 1 aliphatic carbocycles. The Morgan fingerprint density at radius 1 is 1.33 bits per heavy atom. The Morgan fingerprint density at radius 3 is 2.71 bits per heavy atom. The van der Waals surface area contributed by atoms with Gasteiger partial charge in [0.05, 0.1) is 5.56 Å². The van der Waals surface area contributed by atoms with Crippen molar-refractivity contribution >= 4 is 5.84 Å². The third kappa shape index (κ3) is 2.62. The third-order valence-electron chi connectivity index (χ3n) is 4.83. The molecular formula is C16H24N4O. The molecule has 2 heterocycles. The molecule has 0 amide bonds. The molecule has 5 nitrogen and oxygen atoms in total. The molecule has 21 heavy (non-hydrogen) atoms. The molecular weight excluding hydrogens is 264 g/mol. The highest BCUT2D eigenvalue weighted by Gasteiger charge is 2.26. The molecule has 0 spiro atoms. The smallest absolute Gasteiger partial charge is 0.262 e. The van der Waals surface area contributed by atoms with E-state index >= 15 is 0 Å². The van der Waals surface area contributed by atoms with Crippen LogP contribution in [0.3, 0.4) is 0 Å². The van der Waals surface area contributed by atoms with Crippen LogP contribution in [-0.4, -0.2) is 28.9 Å². The maximum absolute atomic E-state index is 12.8. The lowest BCUT2D eigenvalue weighted by atomic mass is 9.93. The van der Waals surface area contributed by atoms with E-state index in [-0.39, 0.29) is 11.4 Å². The quantitative estimate of drug-likeness (QED) is 0.641. The first-order valence-electron chi connectivity index (χ1n) is 7.88. The Labute approximate surface area is 125 Å². The molecule has 3 rings (SSSR count). The zero-order chi connectivity index (χ0) is 15.0. The maximum Gasteiger partial charge on any atom is 0.262 e. The van der Waals surface area contributed by atoms with Crippen LogP contribution in [0.5, 0.6) is 0 Å². The molecule has 1 aromatic heterocycles. The van der Waals surface area contributed by atoms with Gasteiger partial charge in [0.2, 0.25) is 0 Å². The number of rotatable bonds is 2. The molecule has 5 heteroatoms. The van der Waals surface area contributed by atoms with Gasteiger partial charge in [-0.25, -0.2) is 0 Å². The monoisotopic (exact) mass is 288 g/mol. The fourth-order valence-electron chi connectivity index (χ4n) is 3.73. The molecule has 3 N–H and O–H groups in total. The second kappa shape index (κ2) is 5.64. The summed E-state index contributed by atoms with van der Waals surface area (Å²) in [5.41, 5.74) is 8.29. The standard InChI is InChI=1S/C16H24N4O/c1-19-8-7-14-11(10-19)9-13(15(17)18)16(21)20(14)12-5-3-2-4-6-12/h9,12H,2-8,10H2,1H3,(H3,17,18). The van der Waals surface area contributed by atoms with Gasteiger partial charge in [0.15, 0.2) is 0 Å². The van der Waals surface area contributed by atoms with E-state index in [1.165, 1.54) is 30.5 Å². The Bertz CT molecular complexity index is 613. The number of pyridine rings is 1. The lowest BCUT2D eigenvalue weighted by Crippen LogP contribution is -2.39. The number of nitrogens with zero attached hydrogens (tertiary/aromatic N) is 2. The number of nitrogen functional groups attached to an aromatic ring is 1. The van der Waals surface area contributed by atoms with Crippen LogP contribution in [0, 0.1) is 5.41 Å². The molecule has 1 aromatic rings. The van der Waals surface area contributed by atoms with Crippen LogP contribution in [-0.2, 0) is 13.0 Å². The van der Waals surface area contributed by atoms with Gasteiger partial charge in [-0.15, -0.1) is 0 Å². The van der Waals surface area contributed by atoms with Gasteiger partial charge in [0.25, 0.3) is 5.56 Å². The highest BCUT2D eigenvalue weighted by molar-refractivity contribution is 5.94. The summed E-state index contributed by atoms with van der Waals surface area (Å²) in [6.45, 7) is 1.82. The van der Waals surface area contributed by atoms with Crippen LogP contribution in [0.1, 0.15) is 55.0 Å². The molecule has 1 fully saturated rings. The number of likely N-dealkylation sites (N-methyl/N-ethyl adjacent to an activating group) is 1. The highest BCUT2D eigenvalue weighted by Crippen LogP contribution is 2.30. The van der Waals surface area contributed by atoms with E-state index in [0.29, 0.717) is 11.6 Å². The van der Waals surface area contributed by atoms with Crippen molar-refractivity contribution < 1.29 is 0 Å². The summed E-state index contributed by atoms with van der Waals surface area (Å²) in [6.07, 6.45) is 6.71. The van der Waals surface area contributed by atoms with Gasteiger partial charge in [-0.1, -0.05) is 19.3 Å². The Morgan fingerprint density at radius 2 is 2.05 bits per heavy atom. The molecule has 2 aliphatic rings. The van der Waals surface area contributed by atoms with Crippen molar-refractivity contribution in [1.82, 2.24) is 9.47 Å². The summed E-state index contributed by atoms with van der Waals surface area (Å²) < 4.78 is 1.98. The zero-order valence-corrected chi connectivity index (χ0v) is 12.7. The van der Waals surface area contributed by atoms with E-state index in [1.54, 1.807) is 0 Å². The second-order valence-corrected chi connectivity index (χ2v) is 6.40. The predicted molar refractivity (Wildman–Crippen MR) is 83.9 cm³/mol. The fraction of sp³-hybridized carbons (Fsp3) is 0.625. The summed E-state index contributed by atoms with van der Waals surface area (Å²) in [4.78, 5) is 15.0. The number of hydrogen-bond acceptors (Lipinski definition) is 3. The highest BCUT2D eigenvalue weighted by atomic mass is 16.1. The van der Waals surface area contributed by atoms with Gasteiger partial charge in [0, 0.05) is 31.2 Å². The van der Waals surface area contributed by atoms with Gasteiger partial charge in [0.1, 0.15) is 5.84 Å². The van der Waals surface area contributed by atoms with Gasteiger partial charge in [-0.3, -0.25) is 10.2 Å². The zero-order valence-electron chi connectivity index (χ0n) is 12.7. The number of amidine groups is 1. The first kappa shape index (κ1) is 14.3. The number of nitrogens with two attached hydrogens (primary N) is 1. The van der Waals surface area contributed by atoms with E-state index in [0.717, 1.165) is 32.4 Å². The van der Waals surface area contributed by atoms with Gasteiger partial charge >= 0.3 is 0 Å². The van der Waals surface area contributed by atoms with Crippen LogP contribution in [0.15, 0.2) is 10.9 Å². The molecule has 1 aliphatic heterocycles. The minimum absolute atomic E-state index is 0.0577. The van der Waals surface area contributed by atoms with E-state index in [4.69, 9.17) is 11.1 Å². The summed E-state index contributed by atoms with van der Waals surface area (Å²) in [6, 6.07) is 2.14. The minimum Gasteiger partial charge on any atom is -0.384 e. The first-order valence-corrected chi connectivity index (χ1v) is 7.88. The van der Waals surface area contributed by atoms with Crippen molar-refractivity contribution in [2.24, 2.45) is 5.73 Å². The van der Waals surface area contributed by atoms with Crippen LogP contribution < -0.4 is 11.3 Å².